The van der Waals surface area contributed by atoms with E-state index >= 15 is 0 Å². The molecule has 0 spiro atoms. The minimum atomic E-state index is 1.02. The first kappa shape index (κ1) is 9.43. The summed E-state index contributed by atoms with van der Waals surface area (Å²) >= 11 is 0. The molecule has 0 aliphatic heterocycles. The molecule has 60 valence electrons. The first-order valence-electron chi connectivity index (χ1n) is 3.64. The monoisotopic (exact) mass is 143 g/mol. The molecule has 0 saturated carbocycles. The predicted molar refractivity (Wildman–Crippen MR) is 45.6 cm³/mol. The maximum atomic E-state index is 3.89. The minimum absolute atomic E-state index is 1.02. The normalized spacial score (nSPS) is 10.7. The molecule has 0 saturated heterocycles. The summed E-state index contributed by atoms with van der Waals surface area (Å²) in [5.41, 5.74) is 0. The lowest BCUT2D eigenvalue weighted by molar-refractivity contribution is 0.498. The van der Waals surface area contributed by atoms with Crippen LogP contribution in [0.4, 0.5) is 0 Å². The van der Waals surface area contributed by atoms with Gasteiger partial charge in [-0.2, -0.15) is 0 Å². The second-order valence-corrected chi connectivity index (χ2v) is 2.21. The molecule has 0 atom stereocenters. The summed E-state index contributed by atoms with van der Waals surface area (Å²) in [6, 6.07) is 0. The van der Waals surface area contributed by atoms with Crippen molar-refractivity contribution in [3.63, 3.8) is 0 Å². The summed E-state index contributed by atoms with van der Waals surface area (Å²) in [4.78, 5) is 5.95. The molecule has 0 aromatic heterocycles. The van der Waals surface area contributed by atoms with Gasteiger partial charge in [-0.25, -0.2) is 0 Å². The molecular weight excluding hydrogens is 126 g/mol. The Morgan fingerprint density at radius 3 is 2.80 bits per heavy atom. The summed E-state index contributed by atoms with van der Waals surface area (Å²) in [5, 5.41) is 3.23. The first-order valence-corrected chi connectivity index (χ1v) is 3.64. The van der Waals surface area contributed by atoms with Crippen molar-refractivity contribution in [3.05, 3.63) is 0 Å². The molecule has 0 heterocycles. The zero-order chi connectivity index (χ0) is 7.82. The number of likely N-dealkylation sites (N-methyl/N-ethyl adjacent to an activating group) is 2. The Kier molecular flexibility index (Phi) is 6.18. The summed E-state index contributed by atoms with van der Waals surface area (Å²) in [7, 11) is 3.80. The van der Waals surface area contributed by atoms with Crippen molar-refractivity contribution in [3.8, 4) is 0 Å². The molecule has 0 radical (unpaired) electrons. The zero-order valence-electron chi connectivity index (χ0n) is 7.09. The summed E-state index contributed by atoms with van der Waals surface area (Å²) in [6.45, 7) is 5.19. The van der Waals surface area contributed by atoms with Gasteiger partial charge < -0.3 is 10.2 Å². The van der Waals surface area contributed by atoms with Gasteiger partial charge in [-0.05, 0) is 6.54 Å². The van der Waals surface area contributed by atoms with Gasteiger partial charge >= 0.3 is 0 Å². The van der Waals surface area contributed by atoms with E-state index in [1.54, 1.807) is 7.05 Å². The molecule has 3 heteroatoms. The lowest BCUT2D eigenvalue weighted by Gasteiger charge is -2.11. The van der Waals surface area contributed by atoms with Crippen LogP contribution in [-0.2, 0) is 0 Å². The molecular formula is C7H17N3. The van der Waals surface area contributed by atoms with Crippen molar-refractivity contribution in [1.82, 2.24) is 10.2 Å². The third-order valence-corrected chi connectivity index (χ3v) is 1.20. The van der Waals surface area contributed by atoms with Crippen molar-refractivity contribution in [2.24, 2.45) is 4.99 Å². The molecule has 0 rings (SSSR count). The number of nitrogens with one attached hydrogen (secondary N) is 1. The van der Waals surface area contributed by atoms with Gasteiger partial charge in [-0.15, -0.1) is 0 Å². The van der Waals surface area contributed by atoms with Crippen LogP contribution in [0, 0.1) is 0 Å². The van der Waals surface area contributed by atoms with Gasteiger partial charge in [-0.1, -0.05) is 6.92 Å². The van der Waals surface area contributed by atoms with Crippen LogP contribution in [0.15, 0.2) is 4.99 Å². The SMILES string of the molecule is CCNCCN(C)C=NC. The molecule has 0 amide bonds. The molecule has 1 N–H and O–H groups in total. The largest absolute Gasteiger partial charge is 0.365 e. The van der Waals surface area contributed by atoms with Crippen LogP contribution in [-0.4, -0.2) is 45.0 Å². The zero-order valence-corrected chi connectivity index (χ0v) is 7.09. The van der Waals surface area contributed by atoms with Gasteiger partial charge in [0.2, 0.25) is 0 Å². The second-order valence-electron chi connectivity index (χ2n) is 2.21. The highest BCUT2D eigenvalue weighted by Gasteiger charge is 1.87. The van der Waals surface area contributed by atoms with Crippen molar-refractivity contribution in [1.29, 1.82) is 0 Å². The molecule has 0 bridgehead atoms. The van der Waals surface area contributed by atoms with Crippen molar-refractivity contribution in [2.45, 2.75) is 6.92 Å². The van der Waals surface area contributed by atoms with E-state index in [1.165, 1.54) is 0 Å². The van der Waals surface area contributed by atoms with E-state index in [9.17, 15) is 0 Å². The van der Waals surface area contributed by atoms with E-state index in [1.807, 2.05) is 13.4 Å². The highest BCUT2D eigenvalue weighted by atomic mass is 15.1. The number of rotatable bonds is 5. The molecule has 0 aromatic carbocycles. The number of nitrogens with zero attached hydrogens (tertiary/aromatic N) is 2. The van der Waals surface area contributed by atoms with Gasteiger partial charge in [0.25, 0.3) is 0 Å². The molecule has 10 heavy (non-hydrogen) atoms. The van der Waals surface area contributed by atoms with Crippen molar-refractivity contribution >= 4 is 6.34 Å². The van der Waals surface area contributed by atoms with Gasteiger partial charge in [0.15, 0.2) is 0 Å². The van der Waals surface area contributed by atoms with Gasteiger partial charge in [0.1, 0.15) is 0 Å². The van der Waals surface area contributed by atoms with Crippen LogP contribution in [0.5, 0.6) is 0 Å². The quantitative estimate of drug-likeness (QED) is 0.338. The molecule has 3 nitrogen and oxygen atoms in total. The predicted octanol–water partition coefficient (Wildman–Crippen LogP) is 0.186. The van der Waals surface area contributed by atoms with Crippen LogP contribution in [0.2, 0.25) is 0 Å². The van der Waals surface area contributed by atoms with Gasteiger partial charge in [-0.3, -0.25) is 4.99 Å². The Bertz CT molecular complexity index is 90.9. The van der Waals surface area contributed by atoms with Crippen LogP contribution in [0.1, 0.15) is 6.92 Å². The fourth-order valence-electron chi connectivity index (χ4n) is 0.687. The number of aliphatic imine (C=N–C) groups is 1. The van der Waals surface area contributed by atoms with E-state index in [0.29, 0.717) is 0 Å². The fourth-order valence-corrected chi connectivity index (χ4v) is 0.687. The van der Waals surface area contributed by atoms with Crippen LogP contribution in [0.3, 0.4) is 0 Å². The Morgan fingerprint density at radius 1 is 1.60 bits per heavy atom. The molecule has 0 aliphatic carbocycles. The molecule has 0 unspecified atom stereocenters. The summed E-state index contributed by atoms with van der Waals surface area (Å²) in [6.07, 6.45) is 1.83. The van der Waals surface area contributed by atoms with Crippen LogP contribution in [0.25, 0.3) is 0 Å². The molecule has 0 aromatic rings. The maximum absolute atomic E-state index is 3.89. The molecule has 0 aliphatic rings. The Hall–Kier alpha value is -0.570. The summed E-state index contributed by atoms with van der Waals surface area (Å²) < 4.78 is 0. The van der Waals surface area contributed by atoms with E-state index in [0.717, 1.165) is 19.6 Å². The van der Waals surface area contributed by atoms with Gasteiger partial charge in [0, 0.05) is 27.2 Å². The molecule has 0 fully saturated rings. The average Bonchev–Trinajstić information content (AvgIpc) is 1.89. The Morgan fingerprint density at radius 2 is 2.30 bits per heavy atom. The highest BCUT2D eigenvalue weighted by Crippen LogP contribution is 1.73. The van der Waals surface area contributed by atoms with E-state index in [-0.39, 0.29) is 0 Å². The Balaban J connectivity index is 3.13. The van der Waals surface area contributed by atoms with E-state index in [2.05, 4.69) is 22.1 Å². The Labute approximate surface area is 63.1 Å². The second kappa shape index (κ2) is 6.55. The van der Waals surface area contributed by atoms with Crippen LogP contribution < -0.4 is 5.32 Å². The maximum Gasteiger partial charge on any atom is 0.0844 e. The van der Waals surface area contributed by atoms with Crippen molar-refractivity contribution < 1.29 is 0 Å². The smallest absolute Gasteiger partial charge is 0.0844 e. The topological polar surface area (TPSA) is 27.6 Å². The van der Waals surface area contributed by atoms with E-state index in [4.69, 9.17) is 0 Å². The number of hydrogen-bond donors (Lipinski definition) is 1. The summed E-state index contributed by atoms with van der Waals surface area (Å²) in [5.74, 6) is 0. The van der Waals surface area contributed by atoms with E-state index < -0.39 is 0 Å². The van der Waals surface area contributed by atoms with Gasteiger partial charge in [0.05, 0.1) is 6.34 Å². The first-order chi connectivity index (χ1) is 4.81. The van der Waals surface area contributed by atoms with Crippen molar-refractivity contribution in [2.75, 3.05) is 33.7 Å². The van der Waals surface area contributed by atoms with Crippen LogP contribution >= 0.6 is 0 Å². The number of hydrogen-bond acceptors (Lipinski definition) is 2. The third-order valence-electron chi connectivity index (χ3n) is 1.20. The minimum Gasteiger partial charge on any atom is -0.365 e. The fraction of sp³-hybridized carbons (Fsp3) is 0.857. The average molecular weight is 143 g/mol. The third kappa shape index (κ3) is 5.56. The lowest BCUT2D eigenvalue weighted by Crippen LogP contribution is -2.28. The standard InChI is InChI=1S/C7H17N3/c1-4-9-5-6-10(3)7-8-2/h7,9H,4-6H2,1-3H3. The highest BCUT2D eigenvalue weighted by molar-refractivity contribution is 5.53. The lowest BCUT2D eigenvalue weighted by atomic mass is 10.5.